The van der Waals surface area contributed by atoms with Crippen LogP contribution in [0.15, 0.2) is 63.7 Å². The van der Waals surface area contributed by atoms with E-state index >= 15 is 0 Å². The fraction of sp³-hybridized carbons (Fsp3) is 0. The highest BCUT2D eigenvalue weighted by Crippen LogP contribution is 2.41. The van der Waals surface area contributed by atoms with Gasteiger partial charge in [-0.2, -0.15) is 0 Å². The molecule has 4 rings (SSSR count). The van der Waals surface area contributed by atoms with Crippen LogP contribution in [-0.2, 0) is 0 Å². The summed E-state index contributed by atoms with van der Waals surface area (Å²) in [6.45, 7) is 0. The zero-order chi connectivity index (χ0) is 15.3. The Morgan fingerprint density at radius 1 is 0.727 bits per heavy atom. The second kappa shape index (κ2) is 4.78. The van der Waals surface area contributed by atoms with Gasteiger partial charge >= 0.3 is 0 Å². The van der Waals surface area contributed by atoms with Crippen molar-refractivity contribution in [3.8, 4) is 11.1 Å². The highest BCUT2D eigenvalue weighted by Gasteiger charge is 2.36. The molecule has 1 aromatic heterocycles. The SMILES string of the molecule is O=C1c2ccccc2C(=O)c2c1oc(Br)c2-c1ccccc1. The highest BCUT2D eigenvalue weighted by atomic mass is 79.9. The molecule has 0 radical (unpaired) electrons. The third kappa shape index (κ3) is 1.74. The first kappa shape index (κ1) is 13.2. The Labute approximate surface area is 134 Å². The number of ketones is 2. The summed E-state index contributed by atoms with van der Waals surface area (Å²) >= 11 is 3.34. The smallest absolute Gasteiger partial charge is 0.229 e. The Morgan fingerprint density at radius 2 is 1.32 bits per heavy atom. The lowest BCUT2D eigenvalue weighted by atomic mass is 9.85. The number of halogens is 1. The minimum atomic E-state index is -0.256. The van der Waals surface area contributed by atoms with Crippen LogP contribution in [-0.4, -0.2) is 11.6 Å². The van der Waals surface area contributed by atoms with E-state index < -0.39 is 0 Å². The molecule has 0 saturated heterocycles. The average molecular weight is 353 g/mol. The third-order valence-electron chi connectivity index (χ3n) is 3.78. The van der Waals surface area contributed by atoms with Crippen molar-refractivity contribution in [3.05, 3.63) is 81.7 Å². The van der Waals surface area contributed by atoms with Gasteiger partial charge in [0.15, 0.2) is 16.2 Å². The van der Waals surface area contributed by atoms with E-state index in [0.717, 1.165) is 5.56 Å². The first-order valence-electron chi connectivity index (χ1n) is 6.74. The normalized spacial score (nSPS) is 13.0. The number of furan rings is 1. The number of carbonyl (C=O) groups excluding carboxylic acids is 2. The average Bonchev–Trinajstić information content (AvgIpc) is 2.91. The largest absolute Gasteiger partial charge is 0.444 e. The standard InChI is InChI=1S/C18H9BrO3/c19-18-13(10-6-2-1-3-7-10)14-15(20)11-8-4-5-9-12(11)16(21)17(14)22-18/h1-9H. The fourth-order valence-corrected chi connectivity index (χ4v) is 3.37. The lowest BCUT2D eigenvalue weighted by molar-refractivity contribution is 0.0960. The Balaban J connectivity index is 2.03. The molecule has 4 heteroatoms. The monoisotopic (exact) mass is 352 g/mol. The van der Waals surface area contributed by atoms with Crippen LogP contribution in [0, 0.1) is 0 Å². The number of hydrogen-bond acceptors (Lipinski definition) is 3. The van der Waals surface area contributed by atoms with Crippen LogP contribution in [0.25, 0.3) is 11.1 Å². The molecule has 0 saturated carbocycles. The molecule has 0 unspecified atom stereocenters. The molecule has 22 heavy (non-hydrogen) atoms. The maximum atomic E-state index is 12.8. The van der Waals surface area contributed by atoms with E-state index in [4.69, 9.17) is 4.42 Å². The maximum Gasteiger partial charge on any atom is 0.229 e. The Morgan fingerprint density at radius 3 is 2.00 bits per heavy atom. The molecule has 0 aliphatic heterocycles. The molecule has 0 amide bonds. The van der Waals surface area contributed by atoms with E-state index in [1.54, 1.807) is 24.3 Å². The van der Waals surface area contributed by atoms with E-state index in [-0.39, 0.29) is 17.3 Å². The van der Waals surface area contributed by atoms with Gasteiger partial charge in [0.1, 0.15) is 0 Å². The zero-order valence-corrected chi connectivity index (χ0v) is 12.9. The van der Waals surface area contributed by atoms with Gasteiger partial charge in [-0.15, -0.1) is 0 Å². The second-order valence-corrected chi connectivity index (χ2v) is 5.74. The topological polar surface area (TPSA) is 47.3 Å². The van der Waals surface area contributed by atoms with E-state index in [1.165, 1.54) is 0 Å². The van der Waals surface area contributed by atoms with Crippen LogP contribution in [0.2, 0.25) is 0 Å². The van der Waals surface area contributed by atoms with Gasteiger partial charge in [0.05, 0.1) is 5.56 Å². The highest BCUT2D eigenvalue weighted by molar-refractivity contribution is 9.10. The molecule has 2 aromatic carbocycles. The molecule has 0 atom stereocenters. The Kier molecular flexibility index (Phi) is 2.87. The summed E-state index contributed by atoms with van der Waals surface area (Å²) in [5, 5.41) is 0. The number of fused-ring (bicyclic) bond motifs is 2. The Hall–Kier alpha value is -2.46. The lowest BCUT2D eigenvalue weighted by Crippen LogP contribution is -2.19. The maximum absolute atomic E-state index is 12.8. The zero-order valence-electron chi connectivity index (χ0n) is 11.3. The van der Waals surface area contributed by atoms with E-state index in [2.05, 4.69) is 15.9 Å². The van der Waals surface area contributed by atoms with Crippen molar-refractivity contribution in [3.63, 3.8) is 0 Å². The van der Waals surface area contributed by atoms with Crippen LogP contribution in [0.4, 0.5) is 0 Å². The van der Waals surface area contributed by atoms with Gasteiger partial charge in [-0.3, -0.25) is 9.59 Å². The minimum Gasteiger partial charge on any atom is -0.444 e. The van der Waals surface area contributed by atoms with Gasteiger partial charge in [0.25, 0.3) is 0 Å². The quantitative estimate of drug-likeness (QED) is 0.507. The summed E-state index contributed by atoms with van der Waals surface area (Å²) in [6.07, 6.45) is 0. The lowest BCUT2D eigenvalue weighted by Gasteiger charge is -2.13. The molecule has 0 spiro atoms. The van der Waals surface area contributed by atoms with Gasteiger partial charge in [-0.25, -0.2) is 0 Å². The summed E-state index contributed by atoms with van der Waals surface area (Å²) in [4.78, 5) is 25.4. The van der Waals surface area contributed by atoms with Gasteiger partial charge in [0.2, 0.25) is 5.78 Å². The number of carbonyl (C=O) groups is 2. The molecule has 3 nitrogen and oxygen atoms in total. The molecule has 0 bridgehead atoms. The summed E-state index contributed by atoms with van der Waals surface area (Å²) in [5.74, 6) is -0.332. The fourth-order valence-electron chi connectivity index (χ4n) is 2.78. The van der Waals surface area contributed by atoms with Crippen molar-refractivity contribution < 1.29 is 14.0 Å². The van der Waals surface area contributed by atoms with E-state index in [9.17, 15) is 9.59 Å². The van der Waals surface area contributed by atoms with Crippen molar-refractivity contribution >= 4 is 27.5 Å². The van der Waals surface area contributed by atoms with Gasteiger partial charge in [0, 0.05) is 16.7 Å². The molecular formula is C18H9BrO3. The number of rotatable bonds is 1. The number of benzene rings is 2. The van der Waals surface area contributed by atoms with Gasteiger partial charge < -0.3 is 4.42 Å². The molecule has 1 aliphatic rings. The van der Waals surface area contributed by atoms with Crippen molar-refractivity contribution in [1.82, 2.24) is 0 Å². The summed E-state index contributed by atoms with van der Waals surface area (Å²) < 4.78 is 5.98. The molecule has 0 N–H and O–H groups in total. The van der Waals surface area contributed by atoms with Gasteiger partial charge in [-0.05, 0) is 21.5 Å². The molecule has 1 heterocycles. The predicted molar refractivity (Wildman–Crippen MR) is 85.2 cm³/mol. The van der Waals surface area contributed by atoms with Crippen LogP contribution in [0.5, 0.6) is 0 Å². The van der Waals surface area contributed by atoms with E-state index in [1.807, 2.05) is 30.3 Å². The van der Waals surface area contributed by atoms with Gasteiger partial charge in [-0.1, -0.05) is 54.6 Å². The molecule has 1 aliphatic carbocycles. The molecule has 3 aromatic rings. The Bertz CT molecular complexity index is 923. The molecular weight excluding hydrogens is 344 g/mol. The van der Waals surface area contributed by atoms with Crippen molar-refractivity contribution in [1.29, 1.82) is 0 Å². The minimum absolute atomic E-state index is 0.106. The van der Waals surface area contributed by atoms with E-state index in [0.29, 0.717) is 26.9 Å². The summed E-state index contributed by atoms with van der Waals surface area (Å²) in [5.41, 5.74) is 2.61. The summed E-state index contributed by atoms with van der Waals surface area (Å²) in [7, 11) is 0. The predicted octanol–water partition coefficient (Wildman–Crippen LogP) is 4.48. The molecule has 106 valence electrons. The van der Waals surface area contributed by atoms with Crippen molar-refractivity contribution in [2.45, 2.75) is 0 Å². The summed E-state index contributed by atoms with van der Waals surface area (Å²) in [6, 6.07) is 16.2. The molecule has 0 fully saturated rings. The number of hydrogen-bond donors (Lipinski definition) is 0. The first-order valence-corrected chi connectivity index (χ1v) is 7.54. The van der Waals surface area contributed by atoms with Crippen molar-refractivity contribution in [2.24, 2.45) is 0 Å². The van der Waals surface area contributed by atoms with Crippen LogP contribution >= 0.6 is 15.9 Å². The first-order chi connectivity index (χ1) is 10.7. The van der Waals surface area contributed by atoms with Crippen LogP contribution < -0.4 is 0 Å². The second-order valence-electron chi connectivity index (χ2n) is 5.02. The van der Waals surface area contributed by atoms with Crippen LogP contribution in [0.1, 0.15) is 32.0 Å². The van der Waals surface area contributed by atoms with Crippen LogP contribution in [0.3, 0.4) is 0 Å². The van der Waals surface area contributed by atoms with Crippen molar-refractivity contribution in [2.75, 3.05) is 0 Å². The third-order valence-corrected chi connectivity index (χ3v) is 4.34.